The first-order chi connectivity index (χ1) is 5.36. The Morgan fingerprint density at radius 1 is 1.73 bits per heavy atom. The molecule has 0 aromatic carbocycles. The van der Waals surface area contributed by atoms with Crippen LogP contribution in [0.25, 0.3) is 0 Å². The van der Waals surface area contributed by atoms with Crippen molar-refractivity contribution in [1.82, 2.24) is 4.90 Å². The second-order valence-electron chi connectivity index (χ2n) is 2.89. The van der Waals surface area contributed by atoms with Crippen LogP contribution in [0.5, 0.6) is 0 Å². The lowest BCUT2D eigenvalue weighted by Gasteiger charge is -2.29. The van der Waals surface area contributed by atoms with Crippen LogP contribution >= 0.6 is 0 Å². The molecule has 1 aliphatic heterocycles. The Morgan fingerprint density at radius 2 is 2.55 bits per heavy atom. The van der Waals surface area contributed by atoms with Crippen molar-refractivity contribution in [2.24, 2.45) is 0 Å². The Hall–Kier alpha value is -0.590. The predicted molar refractivity (Wildman–Crippen MR) is 42.1 cm³/mol. The Balaban J connectivity index is 2.28. The minimum Gasteiger partial charge on any atom is -0.380 e. The summed E-state index contributed by atoms with van der Waals surface area (Å²) < 4.78 is 5.22. The summed E-state index contributed by atoms with van der Waals surface area (Å²) in [7, 11) is 1.74. The normalized spacial score (nSPS) is 26.4. The SMILES string of the molecule is COC1CCCN(CC#N)C1. The lowest BCUT2D eigenvalue weighted by atomic mass is 10.1. The molecule has 0 amide bonds. The second-order valence-corrected chi connectivity index (χ2v) is 2.89. The van der Waals surface area contributed by atoms with Crippen LogP contribution in [-0.2, 0) is 4.74 Å². The van der Waals surface area contributed by atoms with E-state index in [0.717, 1.165) is 25.9 Å². The average molecular weight is 154 g/mol. The molecule has 1 fully saturated rings. The molecule has 11 heavy (non-hydrogen) atoms. The Bertz CT molecular complexity index is 153. The standard InChI is InChI=1S/C8H14N2O/c1-11-8-3-2-5-10(7-8)6-4-9/h8H,2-3,5-7H2,1H3. The maximum Gasteiger partial charge on any atom is 0.0866 e. The third kappa shape index (κ3) is 2.49. The monoisotopic (exact) mass is 154 g/mol. The maximum absolute atomic E-state index is 8.44. The van der Waals surface area contributed by atoms with Crippen molar-refractivity contribution < 1.29 is 4.74 Å². The van der Waals surface area contributed by atoms with Gasteiger partial charge in [-0.2, -0.15) is 5.26 Å². The molecule has 3 heteroatoms. The zero-order valence-corrected chi connectivity index (χ0v) is 6.92. The highest BCUT2D eigenvalue weighted by atomic mass is 16.5. The van der Waals surface area contributed by atoms with Gasteiger partial charge in [0, 0.05) is 13.7 Å². The van der Waals surface area contributed by atoms with Crippen LogP contribution in [0.4, 0.5) is 0 Å². The molecule has 1 atom stereocenters. The van der Waals surface area contributed by atoms with Crippen LogP contribution in [0.3, 0.4) is 0 Å². The van der Waals surface area contributed by atoms with E-state index >= 15 is 0 Å². The number of likely N-dealkylation sites (tertiary alicyclic amines) is 1. The highest BCUT2D eigenvalue weighted by molar-refractivity contribution is 4.81. The van der Waals surface area contributed by atoms with Gasteiger partial charge in [-0.05, 0) is 19.4 Å². The number of nitrogens with zero attached hydrogens (tertiary/aromatic N) is 2. The molecule has 0 saturated carbocycles. The quantitative estimate of drug-likeness (QED) is 0.547. The molecule has 1 rings (SSSR count). The van der Waals surface area contributed by atoms with Crippen molar-refractivity contribution >= 4 is 0 Å². The molecule has 0 aromatic rings. The predicted octanol–water partition coefficient (Wildman–Crippen LogP) is 0.621. The largest absolute Gasteiger partial charge is 0.380 e. The molecule has 0 N–H and O–H groups in total. The van der Waals surface area contributed by atoms with Gasteiger partial charge in [0.2, 0.25) is 0 Å². The van der Waals surface area contributed by atoms with Crippen molar-refractivity contribution in [3.05, 3.63) is 0 Å². The highest BCUT2D eigenvalue weighted by Gasteiger charge is 2.18. The average Bonchev–Trinajstić information content (AvgIpc) is 2.06. The third-order valence-corrected chi connectivity index (χ3v) is 2.09. The molecule has 0 bridgehead atoms. The van der Waals surface area contributed by atoms with Crippen LogP contribution in [-0.4, -0.2) is 37.7 Å². The van der Waals surface area contributed by atoms with Crippen LogP contribution in [0.2, 0.25) is 0 Å². The minimum absolute atomic E-state index is 0.345. The van der Waals surface area contributed by atoms with Crippen molar-refractivity contribution in [2.75, 3.05) is 26.7 Å². The zero-order chi connectivity index (χ0) is 8.10. The van der Waals surface area contributed by atoms with Crippen molar-refractivity contribution in [1.29, 1.82) is 5.26 Å². The van der Waals surface area contributed by atoms with E-state index in [2.05, 4.69) is 11.0 Å². The number of nitriles is 1. The molecule has 0 spiro atoms. The summed E-state index contributed by atoms with van der Waals surface area (Å²) in [6.07, 6.45) is 2.63. The smallest absolute Gasteiger partial charge is 0.0866 e. The van der Waals surface area contributed by atoms with Gasteiger partial charge < -0.3 is 4.74 Å². The van der Waals surface area contributed by atoms with Crippen molar-refractivity contribution in [2.45, 2.75) is 18.9 Å². The van der Waals surface area contributed by atoms with E-state index in [1.165, 1.54) is 0 Å². The number of piperidine rings is 1. The summed E-state index contributed by atoms with van der Waals surface area (Å²) in [6, 6.07) is 2.15. The number of rotatable bonds is 2. The Morgan fingerprint density at radius 3 is 3.18 bits per heavy atom. The van der Waals surface area contributed by atoms with Gasteiger partial charge in [-0.25, -0.2) is 0 Å². The molecule has 1 unspecified atom stereocenters. The van der Waals surface area contributed by atoms with Gasteiger partial charge in [0.25, 0.3) is 0 Å². The fourth-order valence-corrected chi connectivity index (χ4v) is 1.45. The summed E-state index contributed by atoms with van der Waals surface area (Å²) in [5, 5.41) is 8.44. The first-order valence-corrected chi connectivity index (χ1v) is 3.99. The van der Waals surface area contributed by atoms with Gasteiger partial charge in [-0.15, -0.1) is 0 Å². The lowest BCUT2D eigenvalue weighted by molar-refractivity contribution is 0.0362. The molecule has 1 saturated heterocycles. The zero-order valence-electron chi connectivity index (χ0n) is 6.92. The fraction of sp³-hybridized carbons (Fsp3) is 0.875. The van der Waals surface area contributed by atoms with E-state index in [0.29, 0.717) is 12.6 Å². The van der Waals surface area contributed by atoms with Crippen LogP contribution < -0.4 is 0 Å². The summed E-state index contributed by atoms with van der Waals surface area (Å²) in [5.74, 6) is 0. The summed E-state index contributed by atoms with van der Waals surface area (Å²) in [4.78, 5) is 2.14. The molecular formula is C8H14N2O. The number of ether oxygens (including phenoxy) is 1. The van der Waals surface area contributed by atoms with Gasteiger partial charge in [-0.1, -0.05) is 0 Å². The van der Waals surface area contributed by atoms with E-state index in [1.54, 1.807) is 7.11 Å². The minimum atomic E-state index is 0.345. The first kappa shape index (κ1) is 8.51. The molecule has 3 nitrogen and oxygen atoms in total. The summed E-state index contributed by atoms with van der Waals surface area (Å²) >= 11 is 0. The number of methoxy groups -OCH3 is 1. The van der Waals surface area contributed by atoms with Crippen molar-refractivity contribution in [3.8, 4) is 6.07 Å². The lowest BCUT2D eigenvalue weighted by Crippen LogP contribution is -2.39. The van der Waals surface area contributed by atoms with Gasteiger partial charge in [-0.3, -0.25) is 4.90 Å². The molecular weight excluding hydrogens is 140 g/mol. The van der Waals surface area contributed by atoms with Crippen LogP contribution in [0.15, 0.2) is 0 Å². The molecule has 62 valence electrons. The van der Waals surface area contributed by atoms with Crippen LogP contribution in [0, 0.1) is 11.3 Å². The third-order valence-electron chi connectivity index (χ3n) is 2.09. The summed E-state index contributed by atoms with van der Waals surface area (Å²) in [6.45, 7) is 2.51. The Kier molecular flexibility index (Phi) is 3.34. The van der Waals surface area contributed by atoms with Gasteiger partial charge in [0.1, 0.15) is 0 Å². The number of hydrogen-bond acceptors (Lipinski definition) is 3. The van der Waals surface area contributed by atoms with Gasteiger partial charge in [0.05, 0.1) is 18.7 Å². The van der Waals surface area contributed by atoms with Crippen LogP contribution in [0.1, 0.15) is 12.8 Å². The number of hydrogen-bond donors (Lipinski definition) is 0. The first-order valence-electron chi connectivity index (χ1n) is 3.99. The van der Waals surface area contributed by atoms with E-state index in [4.69, 9.17) is 10.00 Å². The molecule has 1 heterocycles. The molecule has 0 radical (unpaired) electrons. The van der Waals surface area contributed by atoms with E-state index < -0.39 is 0 Å². The fourth-order valence-electron chi connectivity index (χ4n) is 1.45. The van der Waals surface area contributed by atoms with E-state index in [1.807, 2.05) is 0 Å². The van der Waals surface area contributed by atoms with E-state index in [-0.39, 0.29) is 0 Å². The summed E-state index contributed by atoms with van der Waals surface area (Å²) in [5.41, 5.74) is 0. The van der Waals surface area contributed by atoms with Gasteiger partial charge in [0.15, 0.2) is 0 Å². The second kappa shape index (κ2) is 4.32. The maximum atomic E-state index is 8.44. The highest BCUT2D eigenvalue weighted by Crippen LogP contribution is 2.11. The van der Waals surface area contributed by atoms with E-state index in [9.17, 15) is 0 Å². The topological polar surface area (TPSA) is 36.3 Å². The van der Waals surface area contributed by atoms with Crippen molar-refractivity contribution in [3.63, 3.8) is 0 Å². The van der Waals surface area contributed by atoms with Gasteiger partial charge >= 0.3 is 0 Å². The molecule has 1 aliphatic rings. The molecule has 0 aliphatic carbocycles. The Labute approximate surface area is 67.6 Å². The molecule has 0 aromatic heterocycles.